The van der Waals surface area contributed by atoms with Crippen LogP contribution in [-0.4, -0.2) is 43.8 Å². The van der Waals surface area contributed by atoms with Gasteiger partial charge in [-0.25, -0.2) is 0 Å². The van der Waals surface area contributed by atoms with Crippen LogP contribution in [0.25, 0.3) is 0 Å². The molecule has 14 heavy (non-hydrogen) atoms. The van der Waals surface area contributed by atoms with E-state index in [1.54, 1.807) is 0 Å². The van der Waals surface area contributed by atoms with Gasteiger partial charge in [-0.3, -0.25) is 9.69 Å². The van der Waals surface area contributed by atoms with E-state index in [0.29, 0.717) is 32.0 Å². The van der Waals surface area contributed by atoms with Crippen LogP contribution in [-0.2, 0) is 9.59 Å². The van der Waals surface area contributed by atoms with Crippen molar-refractivity contribution in [2.45, 2.75) is 20.3 Å². The third kappa shape index (κ3) is 7.73. The molecule has 0 spiro atoms. The molecule has 0 aliphatic carbocycles. The first-order valence-electron chi connectivity index (χ1n) is 4.95. The Morgan fingerprint density at radius 2 is 2.14 bits per heavy atom. The Morgan fingerprint density at radius 1 is 1.50 bits per heavy atom. The summed E-state index contributed by atoms with van der Waals surface area (Å²) < 4.78 is 0. The minimum Gasteiger partial charge on any atom is -0.355 e. The monoisotopic (exact) mass is 200 g/mol. The van der Waals surface area contributed by atoms with Gasteiger partial charge in [0.05, 0.1) is 6.54 Å². The molecule has 0 bridgehead atoms. The number of aldehydes is 1. The molecule has 0 heterocycles. The van der Waals surface area contributed by atoms with E-state index in [9.17, 15) is 9.59 Å². The number of rotatable bonds is 7. The van der Waals surface area contributed by atoms with Gasteiger partial charge in [0.1, 0.15) is 6.29 Å². The predicted molar refractivity (Wildman–Crippen MR) is 56.0 cm³/mol. The number of carbonyl (C=O) groups excluding carboxylic acids is 2. The Labute approximate surface area is 85.7 Å². The lowest BCUT2D eigenvalue weighted by atomic mass is 10.2. The molecule has 0 aromatic carbocycles. The highest BCUT2D eigenvalue weighted by molar-refractivity contribution is 5.77. The topological polar surface area (TPSA) is 49.4 Å². The largest absolute Gasteiger partial charge is 0.355 e. The van der Waals surface area contributed by atoms with Crippen molar-refractivity contribution in [1.82, 2.24) is 10.2 Å². The lowest BCUT2D eigenvalue weighted by Crippen LogP contribution is -2.37. The Bertz CT molecular complexity index is 181. The molecule has 4 heteroatoms. The zero-order chi connectivity index (χ0) is 11.0. The van der Waals surface area contributed by atoms with Gasteiger partial charge in [-0.05, 0) is 13.0 Å². The Kier molecular flexibility index (Phi) is 7.02. The average molecular weight is 200 g/mol. The van der Waals surface area contributed by atoms with Crippen molar-refractivity contribution in [3.05, 3.63) is 0 Å². The first kappa shape index (κ1) is 13.1. The fraction of sp³-hybridized carbons (Fsp3) is 0.800. The van der Waals surface area contributed by atoms with Gasteiger partial charge in [0.2, 0.25) is 5.91 Å². The molecule has 0 aliphatic rings. The minimum atomic E-state index is 0.0205. The van der Waals surface area contributed by atoms with Crippen LogP contribution in [0, 0.1) is 5.92 Å². The highest BCUT2D eigenvalue weighted by Crippen LogP contribution is 1.88. The number of nitrogens with one attached hydrogen (secondary N) is 1. The van der Waals surface area contributed by atoms with Crippen molar-refractivity contribution in [2.75, 3.05) is 26.7 Å². The van der Waals surface area contributed by atoms with E-state index in [4.69, 9.17) is 0 Å². The molecule has 0 rings (SSSR count). The number of hydrogen-bond acceptors (Lipinski definition) is 3. The normalized spacial score (nSPS) is 10.6. The Morgan fingerprint density at radius 3 is 2.64 bits per heavy atom. The first-order chi connectivity index (χ1) is 6.56. The number of nitrogens with zero attached hydrogens (tertiary/aromatic N) is 1. The smallest absolute Gasteiger partial charge is 0.234 e. The summed E-state index contributed by atoms with van der Waals surface area (Å²) in [5.41, 5.74) is 0. The quantitative estimate of drug-likeness (QED) is 0.600. The molecule has 0 saturated heterocycles. The van der Waals surface area contributed by atoms with Crippen molar-refractivity contribution in [3.63, 3.8) is 0 Å². The zero-order valence-corrected chi connectivity index (χ0v) is 9.25. The third-order valence-corrected chi connectivity index (χ3v) is 1.75. The fourth-order valence-electron chi connectivity index (χ4n) is 0.971. The van der Waals surface area contributed by atoms with Crippen molar-refractivity contribution < 1.29 is 9.59 Å². The SMILES string of the molecule is CC(C)CNC(=O)CN(C)CCC=O. The lowest BCUT2D eigenvalue weighted by Gasteiger charge is -2.15. The summed E-state index contributed by atoms with van der Waals surface area (Å²) in [7, 11) is 1.83. The van der Waals surface area contributed by atoms with E-state index >= 15 is 0 Å². The van der Waals surface area contributed by atoms with Crippen LogP contribution in [0.5, 0.6) is 0 Å². The van der Waals surface area contributed by atoms with Crippen molar-refractivity contribution >= 4 is 12.2 Å². The Hall–Kier alpha value is -0.900. The summed E-state index contributed by atoms with van der Waals surface area (Å²) in [5, 5.41) is 2.82. The minimum absolute atomic E-state index is 0.0205. The molecular weight excluding hydrogens is 180 g/mol. The fourth-order valence-corrected chi connectivity index (χ4v) is 0.971. The van der Waals surface area contributed by atoms with Crippen molar-refractivity contribution in [1.29, 1.82) is 0 Å². The van der Waals surface area contributed by atoms with Gasteiger partial charge < -0.3 is 10.1 Å². The summed E-state index contributed by atoms with van der Waals surface area (Å²) in [6, 6.07) is 0. The van der Waals surface area contributed by atoms with Gasteiger partial charge in [0.25, 0.3) is 0 Å². The van der Waals surface area contributed by atoms with Crippen LogP contribution >= 0.6 is 0 Å². The maximum atomic E-state index is 11.3. The highest BCUT2D eigenvalue weighted by atomic mass is 16.2. The molecule has 1 amide bonds. The lowest BCUT2D eigenvalue weighted by molar-refractivity contribution is -0.122. The molecule has 0 aromatic heterocycles. The second-order valence-electron chi connectivity index (χ2n) is 3.89. The van der Waals surface area contributed by atoms with Crippen molar-refractivity contribution in [3.8, 4) is 0 Å². The van der Waals surface area contributed by atoms with E-state index < -0.39 is 0 Å². The molecule has 4 nitrogen and oxygen atoms in total. The van der Waals surface area contributed by atoms with Gasteiger partial charge in [-0.1, -0.05) is 13.8 Å². The molecule has 0 aromatic rings. The Balaban J connectivity index is 3.54. The van der Waals surface area contributed by atoms with E-state index in [0.717, 1.165) is 6.29 Å². The number of carbonyl (C=O) groups is 2. The van der Waals surface area contributed by atoms with Gasteiger partial charge >= 0.3 is 0 Å². The summed E-state index contributed by atoms with van der Waals surface area (Å²) in [6.07, 6.45) is 1.34. The maximum Gasteiger partial charge on any atom is 0.234 e. The molecule has 0 radical (unpaired) electrons. The molecule has 0 saturated carbocycles. The number of likely N-dealkylation sites (N-methyl/N-ethyl adjacent to an activating group) is 1. The maximum absolute atomic E-state index is 11.3. The van der Waals surface area contributed by atoms with Crippen molar-refractivity contribution in [2.24, 2.45) is 5.92 Å². The average Bonchev–Trinajstić information content (AvgIpc) is 2.11. The van der Waals surface area contributed by atoms with Crippen LogP contribution in [0.2, 0.25) is 0 Å². The van der Waals surface area contributed by atoms with Crippen LogP contribution < -0.4 is 5.32 Å². The number of amides is 1. The van der Waals surface area contributed by atoms with E-state index in [1.165, 1.54) is 0 Å². The van der Waals surface area contributed by atoms with Gasteiger partial charge in [0, 0.05) is 19.5 Å². The van der Waals surface area contributed by atoms with Crippen LogP contribution in [0.1, 0.15) is 20.3 Å². The molecular formula is C10H20N2O2. The highest BCUT2D eigenvalue weighted by Gasteiger charge is 2.05. The summed E-state index contributed by atoms with van der Waals surface area (Å²) in [5.74, 6) is 0.492. The van der Waals surface area contributed by atoms with Gasteiger partial charge in [0.15, 0.2) is 0 Å². The van der Waals surface area contributed by atoms with Crippen LogP contribution in [0.15, 0.2) is 0 Å². The van der Waals surface area contributed by atoms with Crippen LogP contribution in [0.4, 0.5) is 0 Å². The van der Waals surface area contributed by atoms with Crippen LogP contribution in [0.3, 0.4) is 0 Å². The molecule has 0 fully saturated rings. The van der Waals surface area contributed by atoms with E-state index in [2.05, 4.69) is 19.2 Å². The van der Waals surface area contributed by atoms with Gasteiger partial charge in [-0.15, -0.1) is 0 Å². The van der Waals surface area contributed by atoms with E-state index in [1.807, 2.05) is 11.9 Å². The molecule has 0 aliphatic heterocycles. The second-order valence-corrected chi connectivity index (χ2v) is 3.89. The summed E-state index contributed by atoms with van der Waals surface area (Å²) >= 11 is 0. The molecule has 1 N–H and O–H groups in total. The zero-order valence-electron chi connectivity index (χ0n) is 9.25. The van der Waals surface area contributed by atoms with E-state index in [-0.39, 0.29) is 5.91 Å². The number of hydrogen-bond donors (Lipinski definition) is 1. The summed E-state index contributed by atoms with van der Waals surface area (Å²) in [4.78, 5) is 23.2. The van der Waals surface area contributed by atoms with Gasteiger partial charge in [-0.2, -0.15) is 0 Å². The molecule has 0 unspecified atom stereocenters. The first-order valence-corrected chi connectivity index (χ1v) is 4.95. The summed E-state index contributed by atoms with van der Waals surface area (Å²) in [6.45, 7) is 5.81. The predicted octanol–water partition coefficient (Wildman–Crippen LogP) is 0.279. The molecule has 82 valence electrons. The molecule has 0 atom stereocenters. The third-order valence-electron chi connectivity index (χ3n) is 1.75. The standard InChI is InChI=1S/C10H20N2O2/c1-9(2)7-11-10(14)8-12(3)5-4-6-13/h6,9H,4-5,7-8H2,1-3H3,(H,11,14). The second kappa shape index (κ2) is 7.50.